The second-order valence-corrected chi connectivity index (χ2v) is 5.82. The maximum absolute atomic E-state index is 10.4. The molecule has 0 fully saturated rings. The number of ether oxygens (including phenoxy) is 2. The Labute approximate surface area is 147 Å². The zero-order chi connectivity index (χ0) is 17.6. The maximum Gasteiger partial charge on any atom is 0.176 e. The van der Waals surface area contributed by atoms with Crippen LogP contribution in [0.15, 0.2) is 48.5 Å². The van der Waals surface area contributed by atoms with Crippen LogP contribution < -0.4 is 9.47 Å². The van der Waals surface area contributed by atoms with Crippen LogP contribution >= 0.6 is 0 Å². The van der Waals surface area contributed by atoms with Gasteiger partial charge in [0.25, 0.3) is 0 Å². The van der Waals surface area contributed by atoms with Crippen molar-refractivity contribution in [3.8, 4) is 34.3 Å². The summed E-state index contributed by atoms with van der Waals surface area (Å²) in [6, 6.07) is 14.7. The average molecular weight is 338 g/mol. The van der Waals surface area contributed by atoms with E-state index in [-0.39, 0.29) is 5.75 Å². The zero-order valence-electron chi connectivity index (χ0n) is 14.5. The highest BCUT2D eigenvalue weighted by atomic mass is 16.5. The Balaban J connectivity index is 1.87. The first-order valence-electron chi connectivity index (χ1n) is 8.43. The fraction of sp³-hybridized carbons (Fsp3) is 0.250. The van der Waals surface area contributed by atoms with E-state index in [1.165, 1.54) is 0 Å². The van der Waals surface area contributed by atoms with Crippen LogP contribution in [0.1, 0.15) is 25.5 Å². The molecule has 0 aliphatic rings. The van der Waals surface area contributed by atoms with Crippen molar-refractivity contribution in [3.63, 3.8) is 0 Å². The molecule has 1 aromatic heterocycles. The van der Waals surface area contributed by atoms with Gasteiger partial charge in [-0.1, -0.05) is 31.5 Å². The van der Waals surface area contributed by atoms with Gasteiger partial charge in [-0.25, -0.2) is 0 Å². The van der Waals surface area contributed by atoms with E-state index in [4.69, 9.17) is 9.47 Å². The number of para-hydroxylation sites is 1. The normalized spacial score (nSPS) is 10.6. The van der Waals surface area contributed by atoms with Gasteiger partial charge in [-0.15, -0.1) is 0 Å². The number of hydrogen-bond acceptors (Lipinski definition) is 4. The van der Waals surface area contributed by atoms with Crippen LogP contribution in [0.2, 0.25) is 0 Å². The van der Waals surface area contributed by atoms with E-state index in [2.05, 4.69) is 17.1 Å². The number of nitrogens with one attached hydrogen (secondary N) is 1. The summed E-state index contributed by atoms with van der Waals surface area (Å²) < 4.78 is 11.6. The molecule has 25 heavy (non-hydrogen) atoms. The molecule has 0 unspecified atom stereocenters. The molecule has 0 radical (unpaired) electrons. The lowest BCUT2D eigenvalue weighted by Gasteiger charge is -2.10. The monoisotopic (exact) mass is 338 g/mol. The molecule has 0 saturated carbocycles. The van der Waals surface area contributed by atoms with Gasteiger partial charge in [0.2, 0.25) is 0 Å². The molecule has 130 valence electrons. The lowest BCUT2D eigenvalue weighted by atomic mass is 10.1. The summed E-state index contributed by atoms with van der Waals surface area (Å²) in [4.78, 5) is 0. The third-order valence-corrected chi connectivity index (χ3v) is 3.85. The first-order valence-corrected chi connectivity index (χ1v) is 8.43. The molecule has 1 heterocycles. The molecule has 3 aromatic rings. The predicted octanol–water partition coefficient (Wildman–Crippen LogP) is 5.06. The fourth-order valence-electron chi connectivity index (χ4n) is 2.47. The summed E-state index contributed by atoms with van der Waals surface area (Å²) in [6.45, 7) is 4.63. The van der Waals surface area contributed by atoms with Gasteiger partial charge in [-0.3, -0.25) is 5.10 Å². The summed E-state index contributed by atoms with van der Waals surface area (Å²) in [5, 5.41) is 17.6. The van der Waals surface area contributed by atoms with Crippen molar-refractivity contribution in [1.29, 1.82) is 0 Å². The van der Waals surface area contributed by atoms with Crippen LogP contribution in [-0.2, 0) is 0 Å². The quantitative estimate of drug-likeness (QED) is 0.591. The molecule has 0 aliphatic carbocycles. The predicted molar refractivity (Wildman–Crippen MR) is 97.3 cm³/mol. The minimum atomic E-state index is 0.110. The van der Waals surface area contributed by atoms with Gasteiger partial charge in [0, 0.05) is 11.6 Å². The molecule has 0 amide bonds. The molecule has 0 spiro atoms. The Bertz CT molecular complexity index is 828. The Hall–Kier alpha value is -2.95. The standard InChI is InChI=1S/C20H22N2O3/c1-3-4-12-24-16-10-11-17(18(23)13-16)19-20(14(2)21-22-19)25-15-8-6-5-7-9-15/h5-11,13,23H,3-4,12H2,1-2H3,(H,21,22). The van der Waals surface area contributed by atoms with Crippen LogP contribution in [-0.4, -0.2) is 21.9 Å². The molecular weight excluding hydrogens is 316 g/mol. The van der Waals surface area contributed by atoms with Gasteiger partial charge in [0.05, 0.1) is 12.3 Å². The third-order valence-electron chi connectivity index (χ3n) is 3.85. The van der Waals surface area contributed by atoms with Crippen LogP contribution in [0.5, 0.6) is 23.0 Å². The smallest absolute Gasteiger partial charge is 0.176 e. The number of aromatic nitrogens is 2. The summed E-state index contributed by atoms with van der Waals surface area (Å²) in [5.41, 5.74) is 1.96. The number of phenols is 1. The number of aromatic hydroxyl groups is 1. The zero-order valence-corrected chi connectivity index (χ0v) is 14.5. The van der Waals surface area contributed by atoms with Gasteiger partial charge in [0.1, 0.15) is 22.9 Å². The number of H-pyrrole nitrogens is 1. The van der Waals surface area contributed by atoms with E-state index in [1.54, 1.807) is 12.1 Å². The van der Waals surface area contributed by atoms with Crippen LogP contribution in [0.25, 0.3) is 11.3 Å². The Morgan fingerprint density at radius 3 is 2.60 bits per heavy atom. The number of nitrogens with zero attached hydrogens (tertiary/aromatic N) is 1. The lowest BCUT2D eigenvalue weighted by Crippen LogP contribution is -1.96. The molecular formula is C20H22N2O3. The average Bonchev–Trinajstić information content (AvgIpc) is 2.97. The largest absolute Gasteiger partial charge is 0.507 e. The van der Waals surface area contributed by atoms with Crippen molar-refractivity contribution in [2.24, 2.45) is 0 Å². The van der Waals surface area contributed by atoms with Crippen molar-refractivity contribution >= 4 is 0 Å². The van der Waals surface area contributed by atoms with E-state index in [1.807, 2.05) is 43.3 Å². The molecule has 3 rings (SSSR count). The van der Waals surface area contributed by atoms with E-state index in [9.17, 15) is 5.11 Å². The highest BCUT2D eigenvalue weighted by molar-refractivity contribution is 5.74. The number of aryl methyl sites for hydroxylation is 1. The Morgan fingerprint density at radius 2 is 1.88 bits per heavy atom. The summed E-state index contributed by atoms with van der Waals surface area (Å²) in [5.74, 6) is 2.07. The molecule has 0 saturated heterocycles. The van der Waals surface area contributed by atoms with Crippen molar-refractivity contribution in [2.75, 3.05) is 6.61 Å². The molecule has 0 atom stereocenters. The summed E-state index contributed by atoms with van der Waals surface area (Å²) in [7, 11) is 0. The number of rotatable bonds is 7. The van der Waals surface area contributed by atoms with Crippen LogP contribution in [0, 0.1) is 6.92 Å². The minimum Gasteiger partial charge on any atom is -0.507 e. The third kappa shape index (κ3) is 3.94. The molecule has 5 heteroatoms. The second kappa shape index (κ2) is 7.75. The lowest BCUT2D eigenvalue weighted by molar-refractivity contribution is 0.307. The fourth-order valence-corrected chi connectivity index (χ4v) is 2.47. The maximum atomic E-state index is 10.4. The van der Waals surface area contributed by atoms with Crippen LogP contribution in [0.4, 0.5) is 0 Å². The topological polar surface area (TPSA) is 67.4 Å². The van der Waals surface area contributed by atoms with Crippen LogP contribution in [0.3, 0.4) is 0 Å². The number of phenolic OH excluding ortho intramolecular Hbond substituents is 1. The molecule has 0 bridgehead atoms. The van der Waals surface area contributed by atoms with Gasteiger partial charge < -0.3 is 14.6 Å². The van der Waals surface area contributed by atoms with E-state index >= 15 is 0 Å². The van der Waals surface area contributed by atoms with Crippen molar-refractivity contribution in [2.45, 2.75) is 26.7 Å². The van der Waals surface area contributed by atoms with E-state index < -0.39 is 0 Å². The minimum absolute atomic E-state index is 0.110. The first kappa shape index (κ1) is 16.9. The van der Waals surface area contributed by atoms with Crippen molar-refractivity contribution in [3.05, 3.63) is 54.2 Å². The van der Waals surface area contributed by atoms with Gasteiger partial charge >= 0.3 is 0 Å². The second-order valence-electron chi connectivity index (χ2n) is 5.82. The SMILES string of the molecule is CCCCOc1ccc(-c2n[nH]c(C)c2Oc2ccccc2)c(O)c1. The van der Waals surface area contributed by atoms with Crippen molar-refractivity contribution < 1.29 is 14.6 Å². The Morgan fingerprint density at radius 1 is 1.08 bits per heavy atom. The molecule has 0 aliphatic heterocycles. The highest BCUT2D eigenvalue weighted by Gasteiger charge is 2.18. The van der Waals surface area contributed by atoms with Crippen molar-refractivity contribution in [1.82, 2.24) is 10.2 Å². The first-order chi connectivity index (χ1) is 12.2. The van der Waals surface area contributed by atoms with E-state index in [0.29, 0.717) is 35.1 Å². The van der Waals surface area contributed by atoms with Gasteiger partial charge in [-0.05, 0) is 37.6 Å². The van der Waals surface area contributed by atoms with Gasteiger partial charge in [0.15, 0.2) is 5.75 Å². The van der Waals surface area contributed by atoms with Gasteiger partial charge in [-0.2, -0.15) is 5.10 Å². The summed E-state index contributed by atoms with van der Waals surface area (Å²) >= 11 is 0. The molecule has 2 aromatic carbocycles. The number of hydrogen-bond donors (Lipinski definition) is 2. The molecule has 5 nitrogen and oxygen atoms in total. The number of benzene rings is 2. The Kier molecular flexibility index (Phi) is 5.23. The highest BCUT2D eigenvalue weighted by Crippen LogP contribution is 2.39. The molecule has 2 N–H and O–H groups in total. The number of unbranched alkanes of at least 4 members (excludes halogenated alkanes) is 1. The summed E-state index contributed by atoms with van der Waals surface area (Å²) in [6.07, 6.45) is 2.05. The van der Waals surface area contributed by atoms with E-state index in [0.717, 1.165) is 18.5 Å². The number of aromatic amines is 1.